The van der Waals surface area contributed by atoms with Gasteiger partial charge in [-0.15, -0.1) is 0 Å². The number of carbonyl (C=O) groups excluding carboxylic acids is 1. The number of methoxy groups -OCH3 is 1. The van der Waals surface area contributed by atoms with E-state index in [1.165, 1.54) is 0 Å². The molecular weight excluding hydrogens is 240 g/mol. The first-order valence-corrected chi connectivity index (χ1v) is 6.72. The van der Waals surface area contributed by atoms with E-state index in [1.54, 1.807) is 25.3 Å². The highest BCUT2D eigenvalue weighted by Gasteiger charge is 2.14. The molecule has 4 heteroatoms. The molecule has 1 aromatic rings. The molecule has 3 N–H and O–H groups in total. The Bertz CT molecular complexity index is 432. The summed E-state index contributed by atoms with van der Waals surface area (Å²) in [6.45, 7) is 6.36. The first-order valence-electron chi connectivity index (χ1n) is 6.72. The lowest BCUT2D eigenvalue weighted by molar-refractivity contribution is 0.0936. The Morgan fingerprint density at radius 2 is 2.11 bits per heavy atom. The molecule has 0 bridgehead atoms. The van der Waals surface area contributed by atoms with Crippen molar-refractivity contribution in [3.8, 4) is 5.75 Å². The lowest BCUT2D eigenvalue weighted by atomic mass is 10.00. The third-order valence-electron chi connectivity index (χ3n) is 3.33. The van der Waals surface area contributed by atoms with E-state index in [0.717, 1.165) is 12.8 Å². The maximum absolute atomic E-state index is 12.1. The Labute approximate surface area is 115 Å². The number of amides is 1. The number of nitrogens with one attached hydrogen (secondary N) is 1. The van der Waals surface area contributed by atoms with E-state index in [2.05, 4.69) is 19.2 Å². The molecular formula is C15H24N2O2. The third-order valence-corrected chi connectivity index (χ3v) is 3.33. The lowest BCUT2D eigenvalue weighted by Gasteiger charge is -2.18. The van der Waals surface area contributed by atoms with E-state index in [-0.39, 0.29) is 11.9 Å². The fourth-order valence-corrected chi connectivity index (χ4v) is 2.01. The van der Waals surface area contributed by atoms with E-state index in [1.807, 2.05) is 6.92 Å². The molecule has 0 heterocycles. The number of ether oxygens (including phenoxy) is 1. The van der Waals surface area contributed by atoms with Crippen molar-refractivity contribution in [3.05, 3.63) is 23.8 Å². The number of anilines is 1. The zero-order chi connectivity index (χ0) is 14.4. The van der Waals surface area contributed by atoms with Crippen molar-refractivity contribution >= 4 is 11.6 Å². The molecule has 0 spiro atoms. The van der Waals surface area contributed by atoms with Crippen molar-refractivity contribution in [2.75, 3.05) is 12.8 Å². The van der Waals surface area contributed by atoms with E-state index >= 15 is 0 Å². The van der Waals surface area contributed by atoms with Gasteiger partial charge in [0.05, 0.1) is 12.7 Å². The Morgan fingerprint density at radius 3 is 2.63 bits per heavy atom. The lowest BCUT2D eigenvalue weighted by Crippen LogP contribution is -2.34. The third kappa shape index (κ3) is 4.47. The van der Waals surface area contributed by atoms with Gasteiger partial charge >= 0.3 is 0 Å². The minimum atomic E-state index is -0.129. The molecule has 1 aromatic carbocycles. The van der Waals surface area contributed by atoms with Crippen LogP contribution in [-0.4, -0.2) is 19.1 Å². The van der Waals surface area contributed by atoms with Crippen molar-refractivity contribution in [2.45, 2.75) is 39.7 Å². The largest absolute Gasteiger partial charge is 0.497 e. The molecule has 0 aliphatic heterocycles. The van der Waals surface area contributed by atoms with Gasteiger partial charge in [-0.1, -0.05) is 20.3 Å². The van der Waals surface area contributed by atoms with Gasteiger partial charge in [0.25, 0.3) is 5.91 Å². The van der Waals surface area contributed by atoms with Crippen LogP contribution in [0, 0.1) is 5.92 Å². The monoisotopic (exact) mass is 264 g/mol. The molecule has 1 rings (SSSR count). The van der Waals surface area contributed by atoms with Crippen molar-refractivity contribution in [1.29, 1.82) is 0 Å². The predicted molar refractivity (Wildman–Crippen MR) is 78.4 cm³/mol. The highest BCUT2D eigenvalue weighted by atomic mass is 16.5. The molecule has 106 valence electrons. The van der Waals surface area contributed by atoms with Crippen LogP contribution in [0.25, 0.3) is 0 Å². The van der Waals surface area contributed by atoms with Gasteiger partial charge in [0.1, 0.15) is 5.75 Å². The van der Waals surface area contributed by atoms with Gasteiger partial charge in [0.2, 0.25) is 0 Å². The number of nitrogen functional groups attached to an aromatic ring is 1. The second kappa shape index (κ2) is 7.02. The van der Waals surface area contributed by atoms with Gasteiger partial charge in [-0.05, 0) is 31.4 Å². The Morgan fingerprint density at radius 1 is 1.42 bits per heavy atom. The molecule has 4 nitrogen and oxygen atoms in total. The van der Waals surface area contributed by atoms with Crippen LogP contribution in [0.1, 0.15) is 44.0 Å². The van der Waals surface area contributed by atoms with E-state index in [9.17, 15) is 4.79 Å². The van der Waals surface area contributed by atoms with Gasteiger partial charge < -0.3 is 15.8 Å². The summed E-state index contributed by atoms with van der Waals surface area (Å²) in [5.74, 6) is 1.13. The van der Waals surface area contributed by atoms with Crippen molar-refractivity contribution in [2.24, 2.45) is 5.92 Å². The average molecular weight is 264 g/mol. The van der Waals surface area contributed by atoms with Crippen LogP contribution in [0.4, 0.5) is 5.69 Å². The van der Waals surface area contributed by atoms with Crippen molar-refractivity contribution < 1.29 is 9.53 Å². The fraction of sp³-hybridized carbons (Fsp3) is 0.533. The summed E-state index contributed by atoms with van der Waals surface area (Å²) in [4.78, 5) is 12.1. The van der Waals surface area contributed by atoms with Crippen LogP contribution >= 0.6 is 0 Å². The summed E-state index contributed by atoms with van der Waals surface area (Å²) in [5, 5.41) is 2.98. The smallest absolute Gasteiger partial charge is 0.253 e. The Hall–Kier alpha value is -1.71. The zero-order valence-corrected chi connectivity index (χ0v) is 12.2. The SMILES string of the molecule is CCC(C)CC(C)NC(=O)c1ccc(OC)cc1N. The van der Waals surface area contributed by atoms with Crippen LogP contribution in [0.2, 0.25) is 0 Å². The van der Waals surface area contributed by atoms with E-state index < -0.39 is 0 Å². The van der Waals surface area contributed by atoms with Gasteiger partial charge in [-0.3, -0.25) is 4.79 Å². The van der Waals surface area contributed by atoms with Crippen molar-refractivity contribution in [3.63, 3.8) is 0 Å². The van der Waals surface area contributed by atoms with Crippen LogP contribution < -0.4 is 15.8 Å². The molecule has 0 aliphatic carbocycles. The number of carbonyl (C=O) groups is 1. The molecule has 2 unspecified atom stereocenters. The second-order valence-electron chi connectivity index (χ2n) is 5.08. The first kappa shape index (κ1) is 15.3. The molecule has 0 radical (unpaired) electrons. The highest BCUT2D eigenvalue weighted by Crippen LogP contribution is 2.20. The van der Waals surface area contributed by atoms with Crippen LogP contribution in [0.3, 0.4) is 0 Å². The summed E-state index contributed by atoms with van der Waals surface area (Å²) in [7, 11) is 1.57. The molecule has 0 saturated carbocycles. The highest BCUT2D eigenvalue weighted by molar-refractivity contribution is 5.99. The number of benzene rings is 1. The zero-order valence-electron chi connectivity index (χ0n) is 12.2. The number of hydrogen-bond donors (Lipinski definition) is 2. The fourth-order valence-electron chi connectivity index (χ4n) is 2.01. The van der Waals surface area contributed by atoms with Crippen molar-refractivity contribution in [1.82, 2.24) is 5.32 Å². The minimum absolute atomic E-state index is 0.129. The number of hydrogen-bond acceptors (Lipinski definition) is 3. The summed E-state index contributed by atoms with van der Waals surface area (Å²) in [6, 6.07) is 5.24. The average Bonchev–Trinajstić information content (AvgIpc) is 2.37. The van der Waals surface area contributed by atoms with E-state index in [0.29, 0.717) is 22.9 Å². The molecule has 1 amide bonds. The van der Waals surface area contributed by atoms with Gasteiger partial charge in [-0.25, -0.2) is 0 Å². The van der Waals surface area contributed by atoms with Gasteiger partial charge in [-0.2, -0.15) is 0 Å². The van der Waals surface area contributed by atoms with Crippen LogP contribution in [-0.2, 0) is 0 Å². The topological polar surface area (TPSA) is 64.3 Å². The summed E-state index contributed by atoms with van der Waals surface area (Å²) >= 11 is 0. The first-order chi connectivity index (χ1) is 8.97. The molecule has 2 atom stereocenters. The van der Waals surface area contributed by atoms with Crippen LogP contribution in [0.5, 0.6) is 5.75 Å². The Kier molecular flexibility index (Phi) is 5.67. The maximum Gasteiger partial charge on any atom is 0.253 e. The minimum Gasteiger partial charge on any atom is -0.497 e. The summed E-state index contributed by atoms with van der Waals surface area (Å²) < 4.78 is 5.07. The van der Waals surface area contributed by atoms with E-state index in [4.69, 9.17) is 10.5 Å². The maximum atomic E-state index is 12.1. The normalized spacial score (nSPS) is 13.7. The molecule has 0 saturated heterocycles. The summed E-state index contributed by atoms with van der Waals surface area (Å²) in [6.07, 6.45) is 2.09. The molecule has 19 heavy (non-hydrogen) atoms. The van der Waals surface area contributed by atoms with Crippen LogP contribution in [0.15, 0.2) is 18.2 Å². The second-order valence-corrected chi connectivity index (χ2v) is 5.08. The molecule has 0 aromatic heterocycles. The quantitative estimate of drug-likeness (QED) is 0.776. The standard InChI is InChI=1S/C15H24N2O2/c1-5-10(2)8-11(3)17-15(18)13-7-6-12(19-4)9-14(13)16/h6-7,9-11H,5,8,16H2,1-4H3,(H,17,18). The number of nitrogens with two attached hydrogens (primary N) is 1. The number of rotatable bonds is 6. The Balaban J connectivity index is 2.68. The van der Waals surface area contributed by atoms with Gasteiger partial charge in [0.15, 0.2) is 0 Å². The molecule has 0 fully saturated rings. The predicted octanol–water partition coefficient (Wildman–Crippen LogP) is 2.83. The van der Waals surface area contributed by atoms with Gasteiger partial charge in [0, 0.05) is 17.8 Å². The summed E-state index contributed by atoms with van der Waals surface area (Å²) in [5.41, 5.74) is 6.79. The molecule has 0 aliphatic rings.